The number of anilines is 1. The van der Waals surface area contributed by atoms with E-state index in [0.29, 0.717) is 22.6 Å². The van der Waals surface area contributed by atoms with Gasteiger partial charge in [-0.25, -0.2) is 9.37 Å². The fourth-order valence-electron chi connectivity index (χ4n) is 1.56. The Hall–Kier alpha value is -1.94. The predicted octanol–water partition coefficient (Wildman–Crippen LogP) is 1.96. The van der Waals surface area contributed by atoms with E-state index in [2.05, 4.69) is 4.98 Å². The van der Waals surface area contributed by atoms with Crippen molar-refractivity contribution in [1.82, 2.24) is 4.98 Å². The van der Waals surface area contributed by atoms with Gasteiger partial charge in [-0.3, -0.25) is 0 Å². The molecular formula is C12H11FN2O. The van der Waals surface area contributed by atoms with Crippen LogP contribution in [0.1, 0.15) is 5.69 Å². The molecule has 16 heavy (non-hydrogen) atoms. The maximum atomic E-state index is 13.6. The summed E-state index contributed by atoms with van der Waals surface area (Å²) in [7, 11) is 0. The van der Waals surface area contributed by atoms with Crippen LogP contribution < -0.4 is 5.73 Å². The van der Waals surface area contributed by atoms with Crippen molar-refractivity contribution in [3.63, 3.8) is 0 Å². The minimum Gasteiger partial charge on any atom is -0.390 e. The first kappa shape index (κ1) is 10.6. The minimum absolute atomic E-state index is 0.269. The molecule has 0 aliphatic heterocycles. The second kappa shape index (κ2) is 4.28. The Kier molecular flexibility index (Phi) is 2.83. The quantitative estimate of drug-likeness (QED) is 0.810. The van der Waals surface area contributed by atoms with Crippen LogP contribution in [0.3, 0.4) is 0 Å². The number of aliphatic hydroxyl groups is 1. The summed E-state index contributed by atoms with van der Waals surface area (Å²) < 4.78 is 13.6. The zero-order valence-corrected chi connectivity index (χ0v) is 8.52. The lowest BCUT2D eigenvalue weighted by Gasteiger charge is -2.08. The highest BCUT2D eigenvalue weighted by atomic mass is 19.1. The molecular weight excluding hydrogens is 207 g/mol. The second-order valence-corrected chi connectivity index (χ2v) is 3.37. The molecule has 0 amide bonds. The number of nitrogen functional groups attached to an aromatic ring is 1. The maximum absolute atomic E-state index is 13.6. The lowest BCUT2D eigenvalue weighted by molar-refractivity contribution is 0.277. The summed E-state index contributed by atoms with van der Waals surface area (Å²) in [4.78, 5) is 3.97. The van der Waals surface area contributed by atoms with E-state index in [1.54, 1.807) is 30.3 Å². The third kappa shape index (κ3) is 1.87. The molecule has 0 bridgehead atoms. The number of nitrogens with two attached hydrogens (primary N) is 1. The van der Waals surface area contributed by atoms with Crippen LogP contribution in [0.15, 0.2) is 36.4 Å². The molecule has 2 aromatic rings. The number of aromatic nitrogens is 1. The van der Waals surface area contributed by atoms with E-state index in [0.717, 1.165) is 0 Å². The molecule has 0 unspecified atom stereocenters. The Balaban J connectivity index is 2.60. The van der Waals surface area contributed by atoms with E-state index in [9.17, 15) is 4.39 Å². The standard InChI is InChI=1S/C12H11FN2O/c13-10-4-2-1-3-8(10)9-5-6-12(14)15-11(9)7-16/h1-6,16H,7H2,(H2,14,15). The van der Waals surface area contributed by atoms with Crippen molar-refractivity contribution in [2.45, 2.75) is 6.61 Å². The number of aliphatic hydroxyl groups excluding tert-OH is 1. The lowest BCUT2D eigenvalue weighted by atomic mass is 10.0. The Morgan fingerprint density at radius 1 is 1.12 bits per heavy atom. The summed E-state index contributed by atoms with van der Waals surface area (Å²) >= 11 is 0. The van der Waals surface area contributed by atoms with Gasteiger partial charge in [0.2, 0.25) is 0 Å². The van der Waals surface area contributed by atoms with Crippen molar-refractivity contribution >= 4 is 5.82 Å². The fourth-order valence-corrected chi connectivity index (χ4v) is 1.56. The molecule has 0 saturated heterocycles. The largest absolute Gasteiger partial charge is 0.390 e. The molecule has 0 aliphatic carbocycles. The van der Waals surface area contributed by atoms with E-state index >= 15 is 0 Å². The monoisotopic (exact) mass is 218 g/mol. The van der Waals surface area contributed by atoms with Crippen LogP contribution >= 0.6 is 0 Å². The Bertz CT molecular complexity index is 514. The molecule has 4 heteroatoms. The summed E-state index contributed by atoms with van der Waals surface area (Å²) in [6.45, 7) is -0.269. The zero-order chi connectivity index (χ0) is 11.5. The Morgan fingerprint density at radius 3 is 2.56 bits per heavy atom. The smallest absolute Gasteiger partial charge is 0.131 e. The SMILES string of the molecule is Nc1ccc(-c2ccccc2F)c(CO)n1. The third-order valence-corrected chi connectivity index (χ3v) is 2.31. The molecule has 1 heterocycles. The van der Waals surface area contributed by atoms with E-state index < -0.39 is 0 Å². The van der Waals surface area contributed by atoms with Gasteiger partial charge < -0.3 is 10.8 Å². The number of nitrogens with zero attached hydrogens (tertiary/aromatic N) is 1. The number of pyridine rings is 1. The first-order valence-electron chi connectivity index (χ1n) is 4.83. The zero-order valence-electron chi connectivity index (χ0n) is 8.52. The van der Waals surface area contributed by atoms with Gasteiger partial charge in [0.1, 0.15) is 11.6 Å². The Labute approximate surface area is 92.4 Å². The van der Waals surface area contributed by atoms with Gasteiger partial charge in [0.15, 0.2) is 0 Å². The maximum Gasteiger partial charge on any atom is 0.131 e. The molecule has 0 atom stereocenters. The molecule has 82 valence electrons. The number of rotatable bonds is 2. The average molecular weight is 218 g/mol. The summed E-state index contributed by atoms with van der Waals surface area (Å²) in [5.74, 6) is -0.0343. The molecule has 3 nitrogen and oxygen atoms in total. The Morgan fingerprint density at radius 2 is 1.88 bits per heavy atom. The van der Waals surface area contributed by atoms with E-state index in [4.69, 9.17) is 10.8 Å². The van der Waals surface area contributed by atoms with Gasteiger partial charge in [-0.1, -0.05) is 18.2 Å². The molecule has 0 radical (unpaired) electrons. The van der Waals surface area contributed by atoms with E-state index in [1.807, 2.05) is 0 Å². The average Bonchev–Trinajstić information content (AvgIpc) is 2.30. The number of hydrogen-bond donors (Lipinski definition) is 2. The number of hydrogen-bond acceptors (Lipinski definition) is 3. The van der Waals surface area contributed by atoms with Gasteiger partial charge in [0.05, 0.1) is 12.3 Å². The van der Waals surface area contributed by atoms with Crippen molar-refractivity contribution in [1.29, 1.82) is 0 Å². The van der Waals surface area contributed by atoms with Crippen molar-refractivity contribution in [2.75, 3.05) is 5.73 Å². The van der Waals surface area contributed by atoms with Crippen LogP contribution in [-0.4, -0.2) is 10.1 Å². The van der Waals surface area contributed by atoms with Crippen LogP contribution in [0, 0.1) is 5.82 Å². The van der Waals surface area contributed by atoms with Gasteiger partial charge in [-0.15, -0.1) is 0 Å². The van der Waals surface area contributed by atoms with Crippen molar-refractivity contribution in [3.8, 4) is 11.1 Å². The first-order chi connectivity index (χ1) is 7.72. The van der Waals surface area contributed by atoms with Gasteiger partial charge in [-0.2, -0.15) is 0 Å². The van der Waals surface area contributed by atoms with Gasteiger partial charge in [-0.05, 0) is 18.2 Å². The molecule has 1 aromatic heterocycles. The highest BCUT2D eigenvalue weighted by Crippen LogP contribution is 2.25. The van der Waals surface area contributed by atoms with Crippen LogP contribution in [0.25, 0.3) is 11.1 Å². The normalized spacial score (nSPS) is 10.4. The van der Waals surface area contributed by atoms with Gasteiger partial charge in [0.25, 0.3) is 0 Å². The lowest BCUT2D eigenvalue weighted by Crippen LogP contribution is -1.99. The number of halogens is 1. The van der Waals surface area contributed by atoms with Crippen molar-refractivity contribution in [2.24, 2.45) is 0 Å². The second-order valence-electron chi connectivity index (χ2n) is 3.37. The van der Waals surface area contributed by atoms with Crippen LogP contribution in [0.4, 0.5) is 10.2 Å². The molecule has 0 saturated carbocycles. The molecule has 0 spiro atoms. The topological polar surface area (TPSA) is 59.1 Å². The fraction of sp³-hybridized carbons (Fsp3) is 0.0833. The summed E-state index contributed by atoms with van der Waals surface area (Å²) in [6.07, 6.45) is 0. The van der Waals surface area contributed by atoms with Crippen LogP contribution in [-0.2, 0) is 6.61 Å². The molecule has 2 rings (SSSR count). The summed E-state index contributed by atoms with van der Waals surface area (Å²) in [5, 5.41) is 9.15. The predicted molar refractivity (Wildman–Crippen MR) is 60.0 cm³/mol. The van der Waals surface area contributed by atoms with Gasteiger partial charge in [0, 0.05) is 11.1 Å². The molecule has 0 fully saturated rings. The molecule has 3 N–H and O–H groups in total. The van der Waals surface area contributed by atoms with Crippen molar-refractivity contribution in [3.05, 3.63) is 47.9 Å². The molecule has 0 aliphatic rings. The molecule has 1 aromatic carbocycles. The highest BCUT2D eigenvalue weighted by Gasteiger charge is 2.09. The van der Waals surface area contributed by atoms with E-state index in [1.165, 1.54) is 6.07 Å². The van der Waals surface area contributed by atoms with Gasteiger partial charge >= 0.3 is 0 Å². The van der Waals surface area contributed by atoms with E-state index in [-0.39, 0.29) is 12.4 Å². The summed E-state index contributed by atoms with van der Waals surface area (Å²) in [6, 6.07) is 9.60. The van der Waals surface area contributed by atoms with Crippen LogP contribution in [0.5, 0.6) is 0 Å². The van der Waals surface area contributed by atoms with Crippen LogP contribution in [0.2, 0.25) is 0 Å². The first-order valence-corrected chi connectivity index (χ1v) is 4.83. The van der Waals surface area contributed by atoms with Crippen molar-refractivity contribution < 1.29 is 9.50 Å². The third-order valence-electron chi connectivity index (χ3n) is 2.31. The minimum atomic E-state index is -0.344. The number of benzene rings is 1. The highest BCUT2D eigenvalue weighted by molar-refractivity contribution is 5.67. The summed E-state index contributed by atoms with van der Waals surface area (Å²) in [5.41, 5.74) is 6.86.